The standard InChI is InChI=1S/C18H29N/c1-3-7-12-18(13-8-4-1)14-11-17-19-15-9-5-2-6-10-16-19/h1,3,7-8,12-13,18H,2,4-6,9-11,14-17H2/b3-1-,12-7-,13-8+. The molecule has 19 heavy (non-hydrogen) atoms. The van der Waals surface area contributed by atoms with Crippen LogP contribution in [-0.4, -0.2) is 24.5 Å². The lowest BCUT2D eigenvalue weighted by molar-refractivity contribution is 0.241. The molecular weight excluding hydrogens is 230 g/mol. The van der Waals surface area contributed by atoms with Crippen LogP contribution in [0.1, 0.15) is 51.4 Å². The second-order valence-corrected chi connectivity index (χ2v) is 5.89. The van der Waals surface area contributed by atoms with Crippen LogP contribution >= 0.6 is 0 Å². The lowest BCUT2D eigenvalue weighted by atomic mass is 10.00. The van der Waals surface area contributed by atoms with Crippen LogP contribution in [0.5, 0.6) is 0 Å². The Bertz CT molecular complexity index is 306. The number of allylic oxidation sites excluding steroid dienone is 6. The number of hydrogen-bond acceptors (Lipinski definition) is 1. The second-order valence-electron chi connectivity index (χ2n) is 5.89. The summed E-state index contributed by atoms with van der Waals surface area (Å²) in [6.45, 7) is 3.96. The van der Waals surface area contributed by atoms with Crippen molar-refractivity contribution in [3.63, 3.8) is 0 Å². The van der Waals surface area contributed by atoms with Gasteiger partial charge in [-0.15, -0.1) is 0 Å². The maximum atomic E-state index is 2.69. The minimum Gasteiger partial charge on any atom is -0.303 e. The van der Waals surface area contributed by atoms with Crippen molar-refractivity contribution in [2.24, 2.45) is 5.92 Å². The summed E-state index contributed by atoms with van der Waals surface area (Å²) in [7, 11) is 0. The van der Waals surface area contributed by atoms with Gasteiger partial charge in [-0.2, -0.15) is 0 Å². The van der Waals surface area contributed by atoms with Crippen molar-refractivity contribution in [2.75, 3.05) is 19.6 Å². The van der Waals surface area contributed by atoms with E-state index >= 15 is 0 Å². The molecule has 0 aromatic rings. The molecule has 1 heterocycles. The van der Waals surface area contributed by atoms with Crippen LogP contribution in [0.15, 0.2) is 36.5 Å². The summed E-state index contributed by atoms with van der Waals surface area (Å²) >= 11 is 0. The predicted octanol–water partition coefficient (Wildman–Crippen LogP) is 4.72. The summed E-state index contributed by atoms with van der Waals surface area (Å²) in [5.41, 5.74) is 0. The normalized spacial score (nSPS) is 30.6. The highest BCUT2D eigenvalue weighted by Crippen LogP contribution is 2.15. The van der Waals surface area contributed by atoms with Crippen molar-refractivity contribution in [1.29, 1.82) is 0 Å². The molecule has 0 N–H and O–H groups in total. The average molecular weight is 259 g/mol. The fourth-order valence-corrected chi connectivity index (χ4v) is 3.04. The SMILES string of the molecule is C1=C\C/C=C/C(CCCN2CCCCCCC2)\C=C/1. The van der Waals surface area contributed by atoms with E-state index in [1.54, 1.807) is 0 Å². The fourth-order valence-electron chi connectivity index (χ4n) is 3.04. The summed E-state index contributed by atoms with van der Waals surface area (Å²) in [6.07, 6.45) is 24.5. The van der Waals surface area contributed by atoms with Crippen LogP contribution in [0.2, 0.25) is 0 Å². The third-order valence-corrected chi connectivity index (χ3v) is 4.22. The smallest absolute Gasteiger partial charge is 0.00184 e. The van der Waals surface area contributed by atoms with E-state index in [4.69, 9.17) is 0 Å². The highest BCUT2D eigenvalue weighted by atomic mass is 15.1. The summed E-state index contributed by atoms with van der Waals surface area (Å²) in [5.74, 6) is 0.653. The summed E-state index contributed by atoms with van der Waals surface area (Å²) < 4.78 is 0. The molecule has 0 aromatic carbocycles. The van der Waals surface area contributed by atoms with Gasteiger partial charge in [-0.3, -0.25) is 0 Å². The van der Waals surface area contributed by atoms with Gasteiger partial charge in [-0.25, -0.2) is 0 Å². The van der Waals surface area contributed by atoms with E-state index in [0.717, 1.165) is 6.42 Å². The van der Waals surface area contributed by atoms with Crippen LogP contribution in [0, 0.1) is 5.92 Å². The average Bonchev–Trinajstić information content (AvgIpc) is 2.33. The first-order valence-corrected chi connectivity index (χ1v) is 8.17. The van der Waals surface area contributed by atoms with Gasteiger partial charge < -0.3 is 4.90 Å². The van der Waals surface area contributed by atoms with Crippen molar-refractivity contribution in [2.45, 2.75) is 51.4 Å². The molecule has 1 nitrogen and oxygen atoms in total. The monoisotopic (exact) mass is 259 g/mol. The molecule has 106 valence electrons. The first-order valence-electron chi connectivity index (χ1n) is 8.17. The Morgan fingerprint density at radius 3 is 2.47 bits per heavy atom. The number of rotatable bonds is 4. The van der Waals surface area contributed by atoms with Crippen molar-refractivity contribution in [3.8, 4) is 0 Å². The summed E-state index contributed by atoms with van der Waals surface area (Å²) in [4.78, 5) is 2.69. The van der Waals surface area contributed by atoms with Crippen LogP contribution in [0.25, 0.3) is 0 Å². The first-order chi connectivity index (χ1) is 9.45. The molecule has 0 bridgehead atoms. The van der Waals surface area contributed by atoms with E-state index in [9.17, 15) is 0 Å². The molecule has 1 atom stereocenters. The van der Waals surface area contributed by atoms with Gasteiger partial charge in [0.25, 0.3) is 0 Å². The number of likely N-dealkylation sites (tertiary alicyclic amines) is 1. The van der Waals surface area contributed by atoms with Gasteiger partial charge in [0.2, 0.25) is 0 Å². The summed E-state index contributed by atoms with van der Waals surface area (Å²) in [6, 6.07) is 0. The van der Waals surface area contributed by atoms with Crippen LogP contribution < -0.4 is 0 Å². The molecule has 0 saturated carbocycles. The van der Waals surface area contributed by atoms with E-state index in [1.807, 2.05) is 0 Å². The van der Waals surface area contributed by atoms with Crippen molar-refractivity contribution < 1.29 is 0 Å². The van der Waals surface area contributed by atoms with Crippen LogP contribution in [-0.2, 0) is 0 Å². The van der Waals surface area contributed by atoms with E-state index in [2.05, 4.69) is 41.4 Å². The lowest BCUT2D eigenvalue weighted by Gasteiger charge is -2.24. The molecule has 1 fully saturated rings. The molecule has 0 aromatic heterocycles. The molecule has 1 heteroatoms. The molecule has 1 aliphatic carbocycles. The third kappa shape index (κ3) is 6.24. The largest absolute Gasteiger partial charge is 0.303 e. The van der Waals surface area contributed by atoms with Gasteiger partial charge in [0.15, 0.2) is 0 Å². The van der Waals surface area contributed by atoms with E-state index < -0.39 is 0 Å². The van der Waals surface area contributed by atoms with E-state index in [-0.39, 0.29) is 0 Å². The summed E-state index contributed by atoms with van der Waals surface area (Å²) in [5, 5.41) is 0. The number of nitrogens with zero attached hydrogens (tertiary/aromatic N) is 1. The quantitative estimate of drug-likeness (QED) is 0.660. The zero-order valence-corrected chi connectivity index (χ0v) is 12.3. The fraction of sp³-hybridized carbons (Fsp3) is 0.667. The molecule has 0 radical (unpaired) electrons. The van der Waals surface area contributed by atoms with Gasteiger partial charge in [0.1, 0.15) is 0 Å². The van der Waals surface area contributed by atoms with Gasteiger partial charge in [0, 0.05) is 0 Å². The Morgan fingerprint density at radius 1 is 0.842 bits per heavy atom. The Morgan fingerprint density at radius 2 is 1.63 bits per heavy atom. The minimum absolute atomic E-state index is 0.653. The van der Waals surface area contributed by atoms with Crippen molar-refractivity contribution in [3.05, 3.63) is 36.5 Å². The minimum atomic E-state index is 0.653. The molecule has 0 spiro atoms. The number of hydrogen-bond donors (Lipinski definition) is 0. The van der Waals surface area contributed by atoms with Gasteiger partial charge >= 0.3 is 0 Å². The third-order valence-electron chi connectivity index (χ3n) is 4.22. The second kappa shape index (κ2) is 9.14. The van der Waals surface area contributed by atoms with Gasteiger partial charge in [-0.05, 0) is 57.7 Å². The maximum Gasteiger partial charge on any atom is -0.00184 e. The lowest BCUT2D eigenvalue weighted by Crippen LogP contribution is -2.28. The molecule has 2 rings (SSSR count). The molecule has 2 aliphatic rings. The maximum absolute atomic E-state index is 2.69. The molecule has 1 aliphatic heterocycles. The zero-order valence-electron chi connectivity index (χ0n) is 12.3. The molecule has 0 amide bonds. The van der Waals surface area contributed by atoms with Crippen LogP contribution in [0.3, 0.4) is 0 Å². The zero-order chi connectivity index (χ0) is 13.2. The van der Waals surface area contributed by atoms with Crippen LogP contribution in [0.4, 0.5) is 0 Å². The van der Waals surface area contributed by atoms with Crippen molar-refractivity contribution >= 4 is 0 Å². The molecule has 1 saturated heterocycles. The van der Waals surface area contributed by atoms with Gasteiger partial charge in [-0.1, -0.05) is 55.7 Å². The first kappa shape index (κ1) is 14.6. The highest BCUT2D eigenvalue weighted by Gasteiger charge is 2.08. The topological polar surface area (TPSA) is 3.24 Å². The van der Waals surface area contributed by atoms with E-state index in [1.165, 1.54) is 64.6 Å². The van der Waals surface area contributed by atoms with Gasteiger partial charge in [0.05, 0.1) is 0 Å². The molecule has 1 unspecified atom stereocenters. The Hall–Kier alpha value is -0.820. The Kier molecular flexibility index (Phi) is 7.02. The predicted molar refractivity (Wildman–Crippen MR) is 84.3 cm³/mol. The Balaban J connectivity index is 1.66. The van der Waals surface area contributed by atoms with E-state index in [0.29, 0.717) is 5.92 Å². The van der Waals surface area contributed by atoms with Crippen molar-refractivity contribution in [1.82, 2.24) is 4.90 Å². The Labute approximate surface area is 119 Å². The highest BCUT2D eigenvalue weighted by molar-refractivity contribution is 5.13. The molecular formula is C18H29N.